The molecule has 1 N–H and O–H groups in total. The zero-order valence-electron chi connectivity index (χ0n) is 13.4. The van der Waals surface area contributed by atoms with Gasteiger partial charge < -0.3 is 4.74 Å². The lowest BCUT2D eigenvalue weighted by Crippen LogP contribution is -1.97. The molecule has 3 rings (SSSR count). The quantitative estimate of drug-likeness (QED) is 0.510. The largest absolute Gasteiger partial charge is 0.489 e. The fraction of sp³-hybridized carbons (Fsp3) is 0.111. The third-order valence-corrected chi connectivity index (χ3v) is 4.13. The van der Waals surface area contributed by atoms with Crippen LogP contribution in [0.15, 0.2) is 52.9 Å². The number of benzene rings is 2. The predicted molar refractivity (Wildman–Crippen MR) is 95.2 cm³/mol. The zero-order chi connectivity index (χ0) is 17.6. The maximum Gasteiger partial charge on any atom is 0.203 e. The van der Waals surface area contributed by atoms with Crippen molar-refractivity contribution in [2.45, 2.75) is 13.5 Å². The molecule has 0 bridgehead atoms. The van der Waals surface area contributed by atoms with Crippen LogP contribution in [-0.2, 0) is 6.61 Å². The van der Waals surface area contributed by atoms with E-state index in [4.69, 9.17) is 4.74 Å². The summed E-state index contributed by atoms with van der Waals surface area (Å²) < 4.78 is 31.4. The molecule has 0 atom stereocenters. The topological polar surface area (TPSA) is 46.5 Å². The molecule has 0 spiro atoms. The molecule has 128 valence electrons. The summed E-state index contributed by atoms with van der Waals surface area (Å²) in [5, 5.41) is 6.82. The Hall–Kier alpha value is -2.80. The maximum absolute atomic E-state index is 13.1. The van der Waals surface area contributed by atoms with E-state index in [0.29, 0.717) is 0 Å². The first-order valence-corrected chi connectivity index (χ1v) is 8.36. The number of rotatable bonds is 6. The molecule has 2 aromatic carbocycles. The van der Waals surface area contributed by atoms with Crippen molar-refractivity contribution < 1.29 is 13.5 Å². The first-order chi connectivity index (χ1) is 12.1. The van der Waals surface area contributed by atoms with Crippen LogP contribution in [0.4, 0.5) is 13.9 Å². The molecule has 0 fully saturated rings. The minimum Gasteiger partial charge on any atom is -0.489 e. The van der Waals surface area contributed by atoms with Crippen molar-refractivity contribution >= 4 is 22.7 Å². The highest BCUT2D eigenvalue weighted by Crippen LogP contribution is 2.17. The Labute approximate surface area is 147 Å². The molecule has 25 heavy (non-hydrogen) atoms. The van der Waals surface area contributed by atoms with Crippen molar-refractivity contribution in [2.24, 2.45) is 5.10 Å². The van der Waals surface area contributed by atoms with Gasteiger partial charge >= 0.3 is 0 Å². The second-order valence-corrected chi connectivity index (χ2v) is 6.13. The first-order valence-electron chi connectivity index (χ1n) is 7.48. The monoisotopic (exact) mass is 359 g/mol. The minimum atomic E-state index is -0.924. The summed E-state index contributed by atoms with van der Waals surface area (Å²) in [5.74, 6) is -1.53. The SMILES string of the molecule is Cc1csc(NN=Cc2ccc(COc3ccc(F)c(F)c3)cc2)n1. The first kappa shape index (κ1) is 17.0. The second kappa shape index (κ2) is 7.85. The van der Waals surface area contributed by atoms with Crippen molar-refractivity contribution in [3.63, 3.8) is 0 Å². The van der Waals surface area contributed by atoms with E-state index in [2.05, 4.69) is 15.5 Å². The molecule has 1 heterocycles. The summed E-state index contributed by atoms with van der Waals surface area (Å²) in [7, 11) is 0. The second-order valence-electron chi connectivity index (χ2n) is 5.27. The Morgan fingerprint density at radius 2 is 1.96 bits per heavy atom. The van der Waals surface area contributed by atoms with Gasteiger partial charge in [-0.1, -0.05) is 24.3 Å². The van der Waals surface area contributed by atoms with E-state index in [1.807, 2.05) is 36.6 Å². The Morgan fingerprint density at radius 3 is 2.64 bits per heavy atom. The molecule has 7 heteroatoms. The fourth-order valence-electron chi connectivity index (χ4n) is 2.00. The number of ether oxygens (including phenoxy) is 1. The van der Waals surface area contributed by atoms with Crippen molar-refractivity contribution in [2.75, 3.05) is 5.43 Å². The molecule has 0 aliphatic heterocycles. The van der Waals surface area contributed by atoms with Crippen LogP contribution in [0.2, 0.25) is 0 Å². The number of thiazole rings is 1. The van der Waals surface area contributed by atoms with E-state index >= 15 is 0 Å². The van der Waals surface area contributed by atoms with Crippen molar-refractivity contribution in [1.82, 2.24) is 4.98 Å². The molecule has 0 saturated carbocycles. The highest BCUT2D eigenvalue weighted by molar-refractivity contribution is 7.13. The van der Waals surface area contributed by atoms with Crippen LogP contribution in [-0.4, -0.2) is 11.2 Å². The van der Waals surface area contributed by atoms with Gasteiger partial charge in [0.25, 0.3) is 0 Å². The van der Waals surface area contributed by atoms with Gasteiger partial charge in [0.1, 0.15) is 12.4 Å². The van der Waals surface area contributed by atoms with E-state index in [-0.39, 0.29) is 12.4 Å². The van der Waals surface area contributed by atoms with Crippen LogP contribution in [0.3, 0.4) is 0 Å². The van der Waals surface area contributed by atoms with Gasteiger partial charge in [-0.15, -0.1) is 11.3 Å². The molecule has 3 aromatic rings. The summed E-state index contributed by atoms with van der Waals surface area (Å²) in [5.41, 5.74) is 5.64. The number of hydrogen-bond donors (Lipinski definition) is 1. The van der Waals surface area contributed by atoms with Crippen molar-refractivity contribution in [1.29, 1.82) is 0 Å². The molecule has 4 nitrogen and oxygen atoms in total. The average molecular weight is 359 g/mol. The van der Waals surface area contributed by atoms with Gasteiger partial charge in [-0.2, -0.15) is 5.10 Å². The van der Waals surface area contributed by atoms with E-state index in [0.717, 1.165) is 34.1 Å². The lowest BCUT2D eigenvalue weighted by atomic mass is 10.1. The molecule has 0 saturated heterocycles. The number of aromatic nitrogens is 1. The molecule has 0 amide bonds. The molecule has 0 aliphatic carbocycles. The van der Waals surface area contributed by atoms with E-state index in [1.54, 1.807) is 6.21 Å². The normalized spacial score (nSPS) is 11.0. The van der Waals surface area contributed by atoms with Crippen LogP contribution in [0.5, 0.6) is 5.75 Å². The highest BCUT2D eigenvalue weighted by atomic mass is 32.1. The average Bonchev–Trinajstić information content (AvgIpc) is 3.02. The van der Waals surface area contributed by atoms with Crippen LogP contribution < -0.4 is 10.2 Å². The molecule has 0 unspecified atom stereocenters. The Bertz CT molecular complexity index is 878. The fourth-order valence-corrected chi connectivity index (χ4v) is 2.64. The van der Waals surface area contributed by atoms with Gasteiger partial charge in [-0.25, -0.2) is 13.8 Å². The minimum absolute atomic E-state index is 0.263. The van der Waals surface area contributed by atoms with Crippen LogP contribution in [0.25, 0.3) is 0 Å². The molecular weight excluding hydrogens is 344 g/mol. The van der Waals surface area contributed by atoms with E-state index in [1.165, 1.54) is 17.4 Å². The third kappa shape index (κ3) is 4.84. The van der Waals surface area contributed by atoms with E-state index in [9.17, 15) is 8.78 Å². The summed E-state index contributed by atoms with van der Waals surface area (Å²) in [6.45, 7) is 2.19. The zero-order valence-corrected chi connectivity index (χ0v) is 14.2. The number of nitrogens with one attached hydrogen (secondary N) is 1. The number of halogens is 2. The van der Waals surface area contributed by atoms with Crippen LogP contribution >= 0.6 is 11.3 Å². The van der Waals surface area contributed by atoms with Gasteiger partial charge in [0.2, 0.25) is 5.13 Å². The summed E-state index contributed by atoms with van der Waals surface area (Å²) in [6, 6.07) is 11.0. The summed E-state index contributed by atoms with van der Waals surface area (Å²) >= 11 is 1.49. The van der Waals surface area contributed by atoms with Gasteiger partial charge in [0.05, 0.1) is 11.9 Å². The standard InChI is InChI=1S/C18H15F2N3OS/c1-12-11-25-18(22-12)23-21-9-13-2-4-14(5-3-13)10-24-15-6-7-16(19)17(20)8-15/h2-9,11H,10H2,1H3,(H,22,23). The van der Waals surface area contributed by atoms with Crippen LogP contribution in [0.1, 0.15) is 16.8 Å². The van der Waals surface area contributed by atoms with Gasteiger partial charge in [-0.3, -0.25) is 5.43 Å². The third-order valence-electron chi connectivity index (χ3n) is 3.27. The number of hydrazone groups is 1. The van der Waals surface area contributed by atoms with Gasteiger partial charge in [0.15, 0.2) is 11.6 Å². The smallest absolute Gasteiger partial charge is 0.203 e. The number of anilines is 1. The highest BCUT2D eigenvalue weighted by Gasteiger charge is 2.03. The molecular formula is C18H15F2N3OS. The molecule has 0 radical (unpaired) electrons. The van der Waals surface area contributed by atoms with Gasteiger partial charge in [0, 0.05) is 11.4 Å². The lowest BCUT2D eigenvalue weighted by Gasteiger charge is -2.07. The van der Waals surface area contributed by atoms with Crippen molar-refractivity contribution in [3.05, 3.63) is 76.3 Å². The van der Waals surface area contributed by atoms with E-state index < -0.39 is 11.6 Å². The molecule has 1 aromatic heterocycles. The lowest BCUT2D eigenvalue weighted by molar-refractivity contribution is 0.303. The Kier molecular flexibility index (Phi) is 5.35. The predicted octanol–water partition coefficient (Wildman–Crippen LogP) is 4.75. The van der Waals surface area contributed by atoms with Gasteiger partial charge in [-0.05, 0) is 30.2 Å². The number of hydrogen-bond acceptors (Lipinski definition) is 5. The Balaban J connectivity index is 1.53. The number of aryl methyl sites for hydroxylation is 1. The molecule has 0 aliphatic rings. The maximum atomic E-state index is 13.1. The number of nitrogens with zero attached hydrogens (tertiary/aromatic N) is 2. The summed E-state index contributed by atoms with van der Waals surface area (Å²) in [6.07, 6.45) is 1.69. The van der Waals surface area contributed by atoms with Crippen molar-refractivity contribution in [3.8, 4) is 5.75 Å². The Morgan fingerprint density at radius 1 is 1.16 bits per heavy atom. The van der Waals surface area contributed by atoms with Crippen LogP contribution in [0, 0.1) is 18.6 Å². The summed E-state index contributed by atoms with van der Waals surface area (Å²) in [4.78, 5) is 4.25.